The third kappa shape index (κ3) is 4.93. The summed E-state index contributed by atoms with van der Waals surface area (Å²) in [5.74, 6) is -0.979. The number of thiophene rings is 1. The molecule has 3 rings (SSSR count). The van der Waals surface area contributed by atoms with Crippen LogP contribution in [0, 0.1) is 13.8 Å². The SMILES string of the molecule is CCOC(=O)c1sc(NC(=O)c2ccc(C)c(NC(=O)c3ccccc3)c2)cc1C. The average molecular weight is 423 g/mol. The van der Waals surface area contributed by atoms with Crippen molar-refractivity contribution < 1.29 is 19.1 Å². The Hall–Kier alpha value is -3.45. The molecule has 0 spiro atoms. The molecule has 2 N–H and O–H groups in total. The summed E-state index contributed by atoms with van der Waals surface area (Å²) in [6.07, 6.45) is 0. The molecular weight excluding hydrogens is 400 g/mol. The second-order valence-electron chi connectivity index (χ2n) is 6.65. The van der Waals surface area contributed by atoms with Gasteiger partial charge < -0.3 is 15.4 Å². The van der Waals surface area contributed by atoms with Gasteiger partial charge in [0.25, 0.3) is 11.8 Å². The second-order valence-corrected chi connectivity index (χ2v) is 7.70. The van der Waals surface area contributed by atoms with E-state index in [0.717, 1.165) is 11.1 Å². The number of esters is 1. The molecule has 154 valence electrons. The van der Waals surface area contributed by atoms with E-state index in [1.54, 1.807) is 62.4 Å². The molecule has 30 heavy (non-hydrogen) atoms. The zero-order chi connectivity index (χ0) is 21.7. The molecular formula is C23H22N2O4S. The first-order valence-corrected chi connectivity index (χ1v) is 10.3. The van der Waals surface area contributed by atoms with Gasteiger partial charge in [0.1, 0.15) is 4.88 Å². The number of benzene rings is 2. The van der Waals surface area contributed by atoms with Gasteiger partial charge in [0.2, 0.25) is 0 Å². The average Bonchev–Trinajstić information content (AvgIpc) is 3.10. The molecule has 0 aliphatic carbocycles. The third-order valence-corrected chi connectivity index (χ3v) is 5.53. The van der Waals surface area contributed by atoms with Crippen molar-refractivity contribution >= 4 is 39.8 Å². The van der Waals surface area contributed by atoms with Gasteiger partial charge in [0, 0.05) is 16.8 Å². The Balaban J connectivity index is 1.76. The molecule has 0 unspecified atom stereocenters. The second kappa shape index (κ2) is 9.37. The maximum absolute atomic E-state index is 12.7. The van der Waals surface area contributed by atoms with Crippen LogP contribution < -0.4 is 10.6 Å². The number of nitrogens with one attached hydrogen (secondary N) is 2. The highest BCUT2D eigenvalue weighted by Gasteiger charge is 2.17. The molecule has 0 bridgehead atoms. The van der Waals surface area contributed by atoms with E-state index in [-0.39, 0.29) is 11.8 Å². The molecule has 0 saturated heterocycles. The van der Waals surface area contributed by atoms with E-state index in [4.69, 9.17) is 4.74 Å². The Bertz CT molecular complexity index is 1090. The number of carbonyl (C=O) groups is 3. The van der Waals surface area contributed by atoms with Crippen LogP contribution in [0.15, 0.2) is 54.6 Å². The van der Waals surface area contributed by atoms with Crippen molar-refractivity contribution in [2.24, 2.45) is 0 Å². The monoisotopic (exact) mass is 422 g/mol. The van der Waals surface area contributed by atoms with Crippen LogP contribution in [0.5, 0.6) is 0 Å². The number of ether oxygens (including phenoxy) is 1. The van der Waals surface area contributed by atoms with Gasteiger partial charge in [-0.05, 0) is 62.2 Å². The first-order valence-electron chi connectivity index (χ1n) is 9.45. The van der Waals surface area contributed by atoms with Gasteiger partial charge in [-0.1, -0.05) is 24.3 Å². The van der Waals surface area contributed by atoms with Gasteiger partial charge in [0.05, 0.1) is 11.6 Å². The van der Waals surface area contributed by atoms with E-state index < -0.39 is 5.97 Å². The minimum absolute atomic E-state index is 0.246. The van der Waals surface area contributed by atoms with Crippen LogP contribution in [0.2, 0.25) is 0 Å². The van der Waals surface area contributed by atoms with Gasteiger partial charge in [0.15, 0.2) is 0 Å². The summed E-state index contributed by atoms with van der Waals surface area (Å²) < 4.78 is 5.03. The van der Waals surface area contributed by atoms with Crippen molar-refractivity contribution in [2.45, 2.75) is 20.8 Å². The van der Waals surface area contributed by atoms with Crippen LogP contribution in [-0.2, 0) is 4.74 Å². The molecule has 0 atom stereocenters. The molecule has 0 aliphatic rings. The van der Waals surface area contributed by atoms with E-state index >= 15 is 0 Å². The standard InChI is InChI=1S/C23H22N2O4S/c1-4-29-23(28)20-15(3)12-19(30-20)25-22(27)17-11-10-14(2)18(13-17)24-21(26)16-8-6-5-7-9-16/h5-13H,4H2,1-3H3,(H,24,26)(H,25,27). The van der Waals surface area contributed by atoms with E-state index in [2.05, 4.69) is 10.6 Å². The summed E-state index contributed by atoms with van der Waals surface area (Å²) in [4.78, 5) is 37.6. The molecule has 1 heterocycles. The lowest BCUT2D eigenvalue weighted by Crippen LogP contribution is -2.15. The molecule has 0 saturated carbocycles. The Labute approximate surface area is 178 Å². The molecule has 6 nitrogen and oxygen atoms in total. The predicted molar refractivity (Wildman–Crippen MR) is 119 cm³/mol. The topological polar surface area (TPSA) is 84.5 Å². The van der Waals surface area contributed by atoms with Crippen molar-refractivity contribution in [3.05, 3.63) is 81.7 Å². The molecule has 0 aliphatic heterocycles. The fraction of sp³-hybridized carbons (Fsp3) is 0.174. The number of amides is 2. The molecule has 3 aromatic rings. The first-order chi connectivity index (χ1) is 14.4. The molecule has 7 heteroatoms. The summed E-state index contributed by atoms with van der Waals surface area (Å²) in [6.45, 7) is 5.69. The van der Waals surface area contributed by atoms with Crippen LogP contribution in [0.4, 0.5) is 10.7 Å². The molecule has 0 fully saturated rings. The Morgan fingerprint density at radius 2 is 1.57 bits per heavy atom. The molecule has 1 aromatic heterocycles. The van der Waals surface area contributed by atoms with Crippen molar-refractivity contribution in [1.29, 1.82) is 0 Å². The summed E-state index contributed by atoms with van der Waals surface area (Å²) in [7, 11) is 0. The quantitative estimate of drug-likeness (QED) is 0.545. The first kappa shape index (κ1) is 21.3. The maximum Gasteiger partial charge on any atom is 0.348 e. The molecule has 2 amide bonds. The summed E-state index contributed by atoms with van der Waals surface area (Å²) in [6, 6.07) is 15.7. The number of aryl methyl sites for hydroxylation is 2. The normalized spacial score (nSPS) is 10.4. The van der Waals surface area contributed by atoms with Gasteiger partial charge in [-0.15, -0.1) is 11.3 Å². The highest BCUT2D eigenvalue weighted by molar-refractivity contribution is 7.18. The Kier molecular flexibility index (Phi) is 6.64. The minimum atomic E-state index is -0.401. The Morgan fingerprint density at radius 1 is 0.867 bits per heavy atom. The number of anilines is 2. The number of carbonyl (C=O) groups excluding carboxylic acids is 3. The van der Waals surface area contributed by atoms with Crippen molar-refractivity contribution in [3.8, 4) is 0 Å². The fourth-order valence-electron chi connectivity index (χ4n) is 2.81. The summed E-state index contributed by atoms with van der Waals surface area (Å²) in [5.41, 5.74) is 3.08. The van der Waals surface area contributed by atoms with E-state index in [1.807, 2.05) is 13.0 Å². The summed E-state index contributed by atoms with van der Waals surface area (Å²) >= 11 is 1.17. The van der Waals surface area contributed by atoms with Crippen molar-refractivity contribution in [3.63, 3.8) is 0 Å². The van der Waals surface area contributed by atoms with E-state index in [0.29, 0.717) is 33.3 Å². The van der Waals surface area contributed by atoms with Gasteiger partial charge in [-0.25, -0.2) is 4.79 Å². The fourth-order valence-corrected chi connectivity index (χ4v) is 3.77. The Morgan fingerprint density at radius 3 is 2.27 bits per heavy atom. The van der Waals surface area contributed by atoms with Crippen LogP contribution in [0.3, 0.4) is 0 Å². The van der Waals surface area contributed by atoms with Gasteiger partial charge in [-0.2, -0.15) is 0 Å². The van der Waals surface area contributed by atoms with Gasteiger partial charge >= 0.3 is 5.97 Å². The largest absolute Gasteiger partial charge is 0.462 e. The minimum Gasteiger partial charge on any atom is -0.462 e. The highest BCUT2D eigenvalue weighted by Crippen LogP contribution is 2.28. The maximum atomic E-state index is 12.7. The molecule has 2 aromatic carbocycles. The zero-order valence-electron chi connectivity index (χ0n) is 16.9. The summed E-state index contributed by atoms with van der Waals surface area (Å²) in [5, 5.41) is 6.21. The smallest absolute Gasteiger partial charge is 0.348 e. The van der Waals surface area contributed by atoms with Crippen LogP contribution >= 0.6 is 11.3 Å². The van der Waals surface area contributed by atoms with Crippen molar-refractivity contribution in [2.75, 3.05) is 17.2 Å². The lowest BCUT2D eigenvalue weighted by atomic mass is 10.1. The number of hydrogen-bond acceptors (Lipinski definition) is 5. The predicted octanol–water partition coefficient (Wildman–Crippen LogP) is 5.05. The zero-order valence-corrected chi connectivity index (χ0v) is 17.8. The number of rotatable bonds is 6. The van der Waals surface area contributed by atoms with Crippen LogP contribution in [0.25, 0.3) is 0 Å². The number of hydrogen-bond donors (Lipinski definition) is 2. The van der Waals surface area contributed by atoms with Crippen LogP contribution in [0.1, 0.15) is 48.4 Å². The van der Waals surface area contributed by atoms with Crippen molar-refractivity contribution in [1.82, 2.24) is 0 Å². The lowest BCUT2D eigenvalue weighted by Gasteiger charge is -2.11. The lowest BCUT2D eigenvalue weighted by molar-refractivity contribution is 0.0531. The van der Waals surface area contributed by atoms with E-state index in [9.17, 15) is 14.4 Å². The third-order valence-electron chi connectivity index (χ3n) is 4.40. The van der Waals surface area contributed by atoms with E-state index in [1.165, 1.54) is 11.3 Å². The van der Waals surface area contributed by atoms with Crippen LogP contribution in [-0.4, -0.2) is 24.4 Å². The highest BCUT2D eigenvalue weighted by atomic mass is 32.1. The van der Waals surface area contributed by atoms with Gasteiger partial charge in [-0.3, -0.25) is 9.59 Å². The molecule has 0 radical (unpaired) electrons.